The first kappa shape index (κ1) is 17.6. The van der Waals surface area contributed by atoms with Gasteiger partial charge in [-0.05, 0) is 30.3 Å². The summed E-state index contributed by atoms with van der Waals surface area (Å²) in [7, 11) is 0. The first-order valence-electron chi connectivity index (χ1n) is 8.52. The van der Waals surface area contributed by atoms with E-state index in [1.165, 1.54) is 12.1 Å². The number of nitro groups is 1. The van der Waals surface area contributed by atoms with E-state index in [0.717, 1.165) is 31.9 Å². The zero-order valence-corrected chi connectivity index (χ0v) is 15.1. The molecule has 1 aliphatic heterocycles. The average Bonchev–Trinajstić information content (AvgIpc) is 2.97. The first-order valence-corrected chi connectivity index (χ1v) is 8.90. The molecule has 0 unspecified atom stereocenters. The summed E-state index contributed by atoms with van der Waals surface area (Å²) in [6.45, 7) is 3.49. The van der Waals surface area contributed by atoms with Gasteiger partial charge < -0.3 is 9.32 Å². The highest BCUT2D eigenvalue weighted by Gasteiger charge is 2.20. The van der Waals surface area contributed by atoms with Crippen molar-refractivity contribution in [2.24, 2.45) is 0 Å². The zero-order chi connectivity index (χ0) is 19.0. The van der Waals surface area contributed by atoms with E-state index in [1.54, 1.807) is 34.9 Å². The molecule has 2 aromatic carbocycles. The van der Waals surface area contributed by atoms with Gasteiger partial charge in [-0.3, -0.25) is 19.6 Å². The van der Waals surface area contributed by atoms with E-state index in [1.807, 2.05) is 0 Å². The molecule has 1 aliphatic rings. The minimum Gasteiger partial charge on any atom is -0.408 e. The minimum atomic E-state index is -0.402. The molecule has 0 aliphatic carbocycles. The molecule has 9 heteroatoms. The molecule has 4 rings (SSSR count). The fourth-order valence-electron chi connectivity index (χ4n) is 3.30. The van der Waals surface area contributed by atoms with Crippen LogP contribution in [0.25, 0.3) is 11.1 Å². The molecular formula is C18H17ClN4O4. The number of oxazole rings is 1. The minimum absolute atomic E-state index is 0.0854. The van der Waals surface area contributed by atoms with Gasteiger partial charge in [0.05, 0.1) is 17.1 Å². The van der Waals surface area contributed by atoms with E-state index in [0.29, 0.717) is 22.8 Å². The molecule has 27 heavy (non-hydrogen) atoms. The smallest absolute Gasteiger partial charge is 0.408 e. The Hall–Kier alpha value is -2.84. The van der Waals surface area contributed by atoms with Crippen LogP contribution in [0.5, 0.6) is 0 Å². The second-order valence-corrected chi connectivity index (χ2v) is 6.86. The van der Waals surface area contributed by atoms with Gasteiger partial charge in [0.1, 0.15) is 0 Å². The number of hydrogen-bond donors (Lipinski definition) is 0. The number of hydrogen-bond acceptors (Lipinski definition) is 6. The second-order valence-electron chi connectivity index (χ2n) is 6.43. The van der Waals surface area contributed by atoms with Crippen LogP contribution in [0.15, 0.2) is 51.7 Å². The summed E-state index contributed by atoms with van der Waals surface area (Å²) >= 11 is 6.04. The maximum absolute atomic E-state index is 12.2. The number of aromatic nitrogens is 1. The fourth-order valence-corrected chi connectivity index (χ4v) is 3.47. The van der Waals surface area contributed by atoms with Crippen molar-refractivity contribution < 1.29 is 9.34 Å². The van der Waals surface area contributed by atoms with Gasteiger partial charge in [-0.1, -0.05) is 11.6 Å². The van der Waals surface area contributed by atoms with Crippen molar-refractivity contribution in [1.82, 2.24) is 9.47 Å². The van der Waals surface area contributed by atoms with Crippen LogP contribution in [0.3, 0.4) is 0 Å². The van der Waals surface area contributed by atoms with Crippen molar-refractivity contribution in [2.45, 2.75) is 6.67 Å². The molecule has 0 amide bonds. The largest absolute Gasteiger partial charge is 0.421 e. The van der Waals surface area contributed by atoms with Crippen LogP contribution in [-0.4, -0.2) is 40.6 Å². The Labute approximate surface area is 159 Å². The highest BCUT2D eigenvalue weighted by molar-refractivity contribution is 6.31. The first-order chi connectivity index (χ1) is 13.0. The number of non-ortho nitro benzene ring substituents is 1. The highest BCUT2D eigenvalue weighted by Crippen LogP contribution is 2.22. The van der Waals surface area contributed by atoms with Crippen molar-refractivity contribution in [2.75, 3.05) is 31.1 Å². The maximum Gasteiger partial charge on any atom is 0.421 e. The van der Waals surface area contributed by atoms with Crippen LogP contribution in [0, 0.1) is 10.1 Å². The third kappa shape index (κ3) is 3.54. The Balaban J connectivity index is 1.44. The lowest BCUT2D eigenvalue weighted by Crippen LogP contribution is -2.47. The summed E-state index contributed by atoms with van der Waals surface area (Å²) in [5.41, 5.74) is 2.25. The molecule has 0 N–H and O–H groups in total. The van der Waals surface area contributed by atoms with Gasteiger partial charge in [0.15, 0.2) is 5.58 Å². The van der Waals surface area contributed by atoms with Gasteiger partial charge in [-0.25, -0.2) is 4.79 Å². The van der Waals surface area contributed by atoms with Crippen LogP contribution in [0.1, 0.15) is 0 Å². The molecule has 1 aromatic heterocycles. The van der Waals surface area contributed by atoms with Crippen molar-refractivity contribution in [3.05, 3.63) is 68.2 Å². The Morgan fingerprint density at radius 2 is 1.78 bits per heavy atom. The maximum atomic E-state index is 12.2. The monoisotopic (exact) mass is 388 g/mol. The van der Waals surface area contributed by atoms with Crippen LogP contribution >= 0.6 is 11.6 Å². The number of nitrogens with zero attached hydrogens (tertiary/aromatic N) is 4. The fraction of sp³-hybridized carbons (Fsp3) is 0.278. The quantitative estimate of drug-likeness (QED) is 0.504. The molecule has 3 aromatic rings. The molecule has 1 saturated heterocycles. The number of benzene rings is 2. The molecule has 0 radical (unpaired) electrons. The third-order valence-electron chi connectivity index (χ3n) is 4.77. The summed E-state index contributed by atoms with van der Waals surface area (Å²) < 4.78 is 6.86. The van der Waals surface area contributed by atoms with Gasteiger partial charge in [0.25, 0.3) is 5.69 Å². The summed E-state index contributed by atoms with van der Waals surface area (Å²) in [4.78, 5) is 26.9. The normalized spacial score (nSPS) is 15.4. The summed E-state index contributed by atoms with van der Waals surface area (Å²) in [6.07, 6.45) is 0. The molecule has 0 saturated carbocycles. The number of anilines is 1. The molecular weight excluding hydrogens is 372 g/mol. The van der Waals surface area contributed by atoms with Crippen molar-refractivity contribution in [1.29, 1.82) is 0 Å². The zero-order valence-electron chi connectivity index (χ0n) is 14.4. The van der Waals surface area contributed by atoms with E-state index in [9.17, 15) is 14.9 Å². The number of nitro benzene ring substituents is 1. The summed E-state index contributed by atoms with van der Waals surface area (Å²) in [5.74, 6) is -0.398. The van der Waals surface area contributed by atoms with Crippen molar-refractivity contribution in [3.63, 3.8) is 0 Å². The summed E-state index contributed by atoms with van der Waals surface area (Å²) in [6, 6.07) is 11.7. The van der Waals surface area contributed by atoms with Gasteiger partial charge in [0, 0.05) is 49.0 Å². The third-order valence-corrected chi connectivity index (χ3v) is 5.00. The predicted octanol–water partition coefficient (Wildman–Crippen LogP) is 2.94. The van der Waals surface area contributed by atoms with E-state index in [4.69, 9.17) is 16.0 Å². The molecule has 1 fully saturated rings. The lowest BCUT2D eigenvalue weighted by Gasteiger charge is -2.36. The van der Waals surface area contributed by atoms with E-state index in [2.05, 4.69) is 9.80 Å². The second kappa shape index (κ2) is 7.05. The number of fused-ring (bicyclic) bond motifs is 1. The van der Waals surface area contributed by atoms with Gasteiger partial charge in [0.2, 0.25) is 0 Å². The molecule has 0 atom stereocenters. The van der Waals surface area contributed by atoms with Crippen LogP contribution in [-0.2, 0) is 6.67 Å². The molecule has 2 heterocycles. The molecule has 140 valence electrons. The van der Waals surface area contributed by atoms with Crippen LogP contribution in [0.2, 0.25) is 5.02 Å². The Kier molecular flexibility index (Phi) is 4.59. The number of halogens is 1. The molecule has 0 bridgehead atoms. The number of rotatable bonds is 4. The predicted molar refractivity (Wildman–Crippen MR) is 102 cm³/mol. The van der Waals surface area contributed by atoms with Crippen molar-refractivity contribution in [3.8, 4) is 0 Å². The van der Waals surface area contributed by atoms with E-state index >= 15 is 0 Å². The van der Waals surface area contributed by atoms with Gasteiger partial charge in [-0.2, -0.15) is 0 Å². The highest BCUT2D eigenvalue weighted by atomic mass is 35.5. The Bertz CT molecular complexity index is 1040. The van der Waals surface area contributed by atoms with Gasteiger partial charge in [-0.15, -0.1) is 0 Å². The Morgan fingerprint density at radius 3 is 2.44 bits per heavy atom. The summed E-state index contributed by atoms with van der Waals surface area (Å²) in [5, 5.41) is 11.3. The molecule has 0 spiro atoms. The number of piperazine rings is 1. The van der Waals surface area contributed by atoms with E-state index < -0.39 is 10.7 Å². The molecule has 8 nitrogen and oxygen atoms in total. The van der Waals surface area contributed by atoms with E-state index in [-0.39, 0.29) is 5.69 Å². The Morgan fingerprint density at radius 1 is 1.07 bits per heavy atom. The standard InChI is InChI=1S/C18H17ClN4O4/c19-13-1-6-17-16(11-13)22(18(24)27-17)12-20-7-9-21(10-8-20)14-2-4-15(5-3-14)23(25)26/h1-6,11H,7-10,12H2. The van der Waals surface area contributed by atoms with Crippen LogP contribution in [0.4, 0.5) is 11.4 Å². The lowest BCUT2D eigenvalue weighted by atomic mass is 10.2. The van der Waals surface area contributed by atoms with Crippen molar-refractivity contribution >= 4 is 34.1 Å². The lowest BCUT2D eigenvalue weighted by molar-refractivity contribution is -0.384. The van der Waals surface area contributed by atoms with Gasteiger partial charge >= 0.3 is 5.76 Å². The average molecular weight is 389 g/mol. The topological polar surface area (TPSA) is 84.8 Å². The van der Waals surface area contributed by atoms with Crippen LogP contribution < -0.4 is 10.7 Å². The SMILES string of the molecule is O=c1oc2ccc(Cl)cc2n1CN1CCN(c2ccc([N+](=O)[O-])cc2)CC1.